The molecule has 0 aliphatic heterocycles. The van der Waals surface area contributed by atoms with Gasteiger partial charge in [0.1, 0.15) is 0 Å². The van der Waals surface area contributed by atoms with Crippen LogP contribution in [-0.4, -0.2) is 30.8 Å². The third kappa shape index (κ3) is 31.5. The largest absolute Gasteiger partial charge is 0.309 e. The number of unbranched alkanes of at least 4 members (excludes halogenated alkanes) is 15. The van der Waals surface area contributed by atoms with Gasteiger partial charge in [0.05, 0.1) is 0 Å². The molecule has 0 aliphatic rings. The van der Waals surface area contributed by atoms with E-state index in [0.29, 0.717) is 6.42 Å². The lowest BCUT2D eigenvalue weighted by atomic mass is 9.90. The standard InChI is InChI=1S/C34H64ClNO/c1-4-5-6-7-8-9-10-11-12-13-14-15-16-17-18-21-24-28-33(30-27-32-36(2)3)29-25-22-19-20-23-26-31-34(35)37/h8-9,11-12,33H,4-7,10,13-32H2,1-3H3/b9-8-,12-11-. The van der Waals surface area contributed by atoms with E-state index >= 15 is 0 Å². The van der Waals surface area contributed by atoms with Crippen LogP contribution in [0.4, 0.5) is 0 Å². The number of allylic oxidation sites excluding steroid dienone is 4. The molecule has 0 amide bonds. The monoisotopic (exact) mass is 537 g/mol. The van der Waals surface area contributed by atoms with E-state index in [1.807, 2.05) is 0 Å². The zero-order valence-electron chi connectivity index (χ0n) is 25.3. The highest BCUT2D eigenvalue weighted by atomic mass is 35.5. The van der Waals surface area contributed by atoms with E-state index in [1.54, 1.807) is 0 Å². The van der Waals surface area contributed by atoms with Gasteiger partial charge >= 0.3 is 0 Å². The maximum Gasteiger partial charge on any atom is 0.221 e. The second-order valence-corrected chi connectivity index (χ2v) is 12.0. The summed E-state index contributed by atoms with van der Waals surface area (Å²) in [5, 5.41) is -0.180. The van der Waals surface area contributed by atoms with Crippen LogP contribution in [0.15, 0.2) is 24.3 Å². The topological polar surface area (TPSA) is 20.3 Å². The van der Waals surface area contributed by atoms with Crippen molar-refractivity contribution in [2.24, 2.45) is 5.92 Å². The SMILES string of the molecule is CCCCC/C=C\C/C=C\CCCCCCCCCC(CCCCCCCCC(=O)Cl)CCCN(C)C. The average Bonchev–Trinajstić information content (AvgIpc) is 2.86. The van der Waals surface area contributed by atoms with Gasteiger partial charge < -0.3 is 4.90 Å². The fourth-order valence-electron chi connectivity index (χ4n) is 5.13. The van der Waals surface area contributed by atoms with Crippen LogP contribution in [0.5, 0.6) is 0 Å². The predicted molar refractivity (Wildman–Crippen MR) is 168 cm³/mol. The quantitative estimate of drug-likeness (QED) is 0.0536. The maximum atomic E-state index is 10.8. The second kappa shape index (κ2) is 29.9. The first-order chi connectivity index (χ1) is 18.1. The molecular weight excluding hydrogens is 474 g/mol. The Bertz CT molecular complexity index is 528. The zero-order chi connectivity index (χ0) is 27.2. The molecule has 0 saturated carbocycles. The van der Waals surface area contributed by atoms with Gasteiger partial charge in [0.2, 0.25) is 5.24 Å². The van der Waals surface area contributed by atoms with Gasteiger partial charge in [-0.1, -0.05) is 128 Å². The summed E-state index contributed by atoms with van der Waals surface area (Å²) in [5.74, 6) is 0.923. The number of halogens is 1. The Morgan fingerprint density at radius 1 is 0.622 bits per heavy atom. The second-order valence-electron chi connectivity index (χ2n) is 11.6. The Morgan fingerprint density at radius 2 is 1.08 bits per heavy atom. The van der Waals surface area contributed by atoms with E-state index in [2.05, 4.69) is 50.2 Å². The molecule has 0 aliphatic carbocycles. The molecule has 0 fully saturated rings. The van der Waals surface area contributed by atoms with Crippen molar-refractivity contribution in [1.29, 1.82) is 0 Å². The first-order valence-electron chi connectivity index (χ1n) is 16.2. The van der Waals surface area contributed by atoms with Crippen molar-refractivity contribution in [3.8, 4) is 0 Å². The van der Waals surface area contributed by atoms with Crippen LogP contribution in [0.1, 0.15) is 161 Å². The summed E-state index contributed by atoms with van der Waals surface area (Å²) in [4.78, 5) is 13.1. The zero-order valence-corrected chi connectivity index (χ0v) is 26.1. The third-order valence-corrected chi connectivity index (χ3v) is 7.71. The minimum absolute atomic E-state index is 0.180. The lowest BCUT2D eigenvalue weighted by Gasteiger charge is -2.18. The van der Waals surface area contributed by atoms with Crippen molar-refractivity contribution < 1.29 is 4.79 Å². The predicted octanol–water partition coefficient (Wildman–Crippen LogP) is 11.4. The summed E-state index contributed by atoms with van der Waals surface area (Å²) >= 11 is 5.42. The van der Waals surface area contributed by atoms with Crippen molar-refractivity contribution in [2.45, 2.75) is 161 Å². The van der Waals surface area contributed by atoms with Gasteiger partial charge in [0, 0.05) is 6.42 Å². The van der Waals surface area contributed by atoms with Crippen molar-refractivity contribution in [2.75, 3.05) is 20.6 Å². The number of nitrogens with zero attached hydrogens (tertiary/aromatic N) is 1. The van der Waals surface area contributed by atoms with Crippen molar-refractivity contribution >= 4 is 16.8 Å². The molecule has 0 aromatic heterocycles. The van der Waals surface area contributed by atoms with Gasteiger partial charge in [-0.3, -0.25) is 4.79 Å². The molecule has 0 radical (unpaired) electrons. The maximum absolute atomic E-state index is 10.8. The average molecular weight is 538 g/mol. The smallest absolute Gasteiger partial charge is 0.221 e. The summed E-state index contributed by atoms with van der Waals surface area (Å²) in [6.45, 7) is 3.49. The molecule has 37 heavy (non-hydrogen) atoms. The van der Waals surface area contributed by atoms with Crippen molar-refractivity contribution in [3.63, 3.8) is 0 Å². The van der Waals surface area contributed by atoms with E-state index in [9.17, 15) is 4.79 Å². The minimum Gasteiger partial charge on any atom is -0.309 e. The highest BCUT2D eigenvalue weighted by Gasteiger charge is 2.09. The summed E-state index contributed by atoms with van der Waals surface area (Å²) in [5.41, 5.74) is 0. The molecule has 1 unspecified atom stereocenters. The van der Waals surface area contributed by atoms with Crippen LogP contribution >= 0.6 is 11.6 Å². The van der Waals surface area contributed by atoms with Gasteiger partial charge in [0.15, 0.2) is 0 Å². The summed E-state index contributed by atoms with van der Waals surface area (Å²) < 4.78 is 0. The number of hydrogen-bond acceptors (Lipinski definition) is 2. The van der Waals surface area contributed by atoms with Crippen LogP contribution in [0, 0.1) is 5.92 Å². The van der Waals surface area contributed by atoms with Crippen LogP contribution in [0.2, 0.25) is 0 Å². The van der Waals surface area contributed by atoms with E-state index in [4.69, 9.17) is 11.6 Å². The summed E-state index contributed by atoms with van der Waals surface area (Å²) in [6.07, 6.45) is 40.5. The first-order valence-corrected chi connectivity index (χ1v) is 16.6. The molecule has 0 N–H and O–H groups in total. The Labute approximate surface area is 238 Å². The Morgan fingerprint density at radius 3 is 1.59 bits per heavy atom. The number of carbonyl (C=O) groups is 1. The van der Waals surface area contributed by atoms with E-state index in [-0.39, 0.29) is 5.24 Å². The van der Waals surface area contributed by atoms with Crippen molar-refractivity contribution in [3.05, 3.63) is 24.3 Å². The molecule has 218 valence electrons. The summed E-state index contributed by atoms with van der Waals surface area (Å²) in [6, 6.07) is 0. The normalized spacial score (nSPS) is 12.9. The van der Waals surface area contributed by atoms with Gasteiger partial charge in [-0.25, -0.2) is 0 Å². The molecule has 1 atom stereocenters. The fraction of sp³-hybridized carbons (Fsp3) is 0.853. The molecule has 0 spiro atoms. The van der Waals surface area contributed by atoms with E-state index in [1.165, 1.54) is 135 Å². The van der Waals surface area contributed by atoms with Crippen LogP contribution in [0.3, 0.4) is 0 Å². The van der Waals surface area contributed by atoms with Crippen LogP contribution in [0.25, 0.3) is 0 Å². The van der Waals surface area contributed by atoms with Gasteiger partial charge in [-0.05, 0) is 89.5 Å². The molecule has 0 bridgehead atoms. The lowest BCUT2D eigenvalue weighted by molar-refractivity contribution is -0.111. The molecule has 2 nitrogen and oxygen atoms in total. The first kappa shape index (κ1) is 36.4. The third-order valence-electron chi connectivity index (χ3n) is 7.52. The van der Waals surface area contributed by atoms with E-state index < -0.39 is 0 Å². The highest BCUT2D eigenvalue weighted by Crippen LogP contribution is 2.23. The van der Waals surface area contributed by atoms with Gasteiger partial charge in [-0.2, -0.15) is 0 Å². The Hall–Kier alpha value is -0.600. The number of rotatable bonds is 29. The molecular formula is C34H64ClNO. The molecule has 0 saturated heterocycles. The van der Waals surface area contributed by atoms with Crippen LogP contribution in [-0.2, 0) is 4.79 Å². The lowest BCUT2D eigenvalue weighted by Crippen LogP contribution is -2.14. The van der Waals surface area contributed by atoms with Gasteiger partial charge in [0.25, 0.3) is 0 Å². The number of hydrogen-bond donors (Lipinski definition) is 0. The van der Waals surface area contributed by atoms with Gasteiger partial charge in [-0.15, -0.1) is 0 Å². The molecule has 0 heterocycles. The Balaban J connectivity index is 3.72. The fourth-order valence-corrected chi connectivity index (χ4v) is 5.26. The van der Waals surface area contributed by atoms with Crippen LogP contribution < -0.4 is 0 Å². The van der Waals surface area contributed by atoms with Crippen molar-refractivity contribution in [1.82, 2.24) is 4.90 Å². The highest BCUT2D eigenvalue weighted by molar-refractivity contribution is 6.63. The number of carbonyl (C=O) groups excluding carboxylic acids is 1. The van der Waals surface area contributed by atoms with E-state index in [0.717, 1.165) is 25.2 Å². The Kier molecular flexibility index (Phi) is 29.5. The molecule has 3 heteroatoms. The molecule has 0 aromatic rings. The molecule has 0 aromatic carbocycles. The summed E-state index contributed by atoms with van der Waals surface area (Å²) in [7, 11) is 4.38. The molecule has 0 rings (SSSR count). The minimum atomic E-state index is -0.180.